The fraction of sp³-hybridized carbons (Fsp3) is 0.500. The van der Waals surface area contributed by atoms with Crippen LogP contribution in [0.2, 0.25) is 0 Å². The van der Waals surface area contributed by atoms with E-state index in [1.165, 1.54) is 13.2 Å². The summed E-state index contributed by atoms with van der Waals surface area (Å²) in [5, 5.41) is 6.42. The van der Waals surface area contributed by atoms with Crippen LogP contribution in [0.4, 0.5) is 4.39 Å². The molecule has 0 spiro atoms. The maximum Gasteiger partial charge on any atom is 0.165 e. The molecule has 90 valence electrons. The Bertz CT molecular complexity index is 331. The van der Waals surface area contributed by atoms with Crippen LogP contribution in [0.15, 0.2) is 18.2 Å². The Hall–Kier alpha value is -1.13. The first kappa shape index (κ1) is 12.9. The van der Waals surface area contributed by atoms with Gasteiger partial charge in [-0.1, -0.05) is 6.07 Å². The molecule has 0 aliphatic rings. The largest absolute Gasteiger partial charge is 0.494 e. The lowest BCUT2D eigenvalue weighted by atomic mass is 10.2. The van der Waals surface area contributed by atoms with E-state index in [4.69, 9.17) is 4.74 Å². The van der Waals surface area contributed by atoms with Crippen LogP contribution in [0.1, 0.15) is 12.5 Å². The molecule has 0 aliphatic heterocycles. The predicted octanol–water partition coefficient (Wildman–Crippen LogP) is 1.53. The lowest BCUT2D eigenvalue weighted by molar-refractivity contribution is 0.385. The highest BCUT2D eigenvalue weighted by atomic mass is 19.1. The monoisotopic (exact) mass is 226 g/mol. The molecule has 0 aliphatic carbocycles. The number of hydrogen-bond donors (Lipinski definition) is 2. The number of benzene rings is 1. The number of methoxy groups -OCH3 is 1. The standard InChI is InChI=1S/C12H19FN2O/c1-9(7-14-2)15-8-10-4-5-11(13)12(6-10)16-3/h4-6,9,14-15H,7-8H2,1-3H3. The highest BCUT2D eigenvalue weighted by molar-refractivity contribution is 5.30. The molecule has 0 radical (unpaired) electrons. The smallest absolute Gasteiger partial charge is 0.165 e. The summed E-state index contributed by atoms with van der Waals surface area (Å²) in [6.45, 7) is 3.70. The van der Waals surface area contributed by atoms with Gasteiger partial charge in [0.15, 0.2) is 11.6 Å². The molecule has 1 unspecified atom stereocenters. The van der Waals surface area contributed by atoms with Crippen molar-refractivity contribution < 1.29 is 9.13 Å². The lowest BCUT2D eigenvalue weighted by Gasteiger charge is -2.13. The van der Waals surface area contributed by atoms with Crippen LogP contribution < -0.4 is 15.4 Å². The van der Waals surface area contributed by atoms with E-state index < -0.39 is 0 Å². The van der Waals surface area contributed by atoms with Crippen LogP contribution in [0.5, 0.6) is 5.75 Å². The normalized spacial score (nSPS) is 12.5. The van der Waals surface area contributed by atoms with Gasteiger partial charge in [-0.05, 0) is 31.7 Å². The molecule has 4 heteroatoms. The van der Waals surface area contributed by atoms with Crippen LogP contribution in [0.25, 0.3) is 0 Å². The van der Waals surface area contributed by atoms with Crippen molar-refractivity contribution in [2.75, 3.05) is 20.7 Å². The molecule has 2 N–H and O–H groups in total. The molecule has 16 heavy (non-hydrogen) atoms. The van der Waals surface area contributed by atoms with E-state index in [9.17, 15) is 4.39 Å². The minimum atomic E-state index is -0.325. The van der Waals surface area contributed by atoms with Gasteiger partial charge in [0.05, 0.1) is 7.11 Å². The zero-order valence-corrected chi connectivity index (χ0v) is 10.0. The average molecular weight is 226 g/mol. The Morgan fingerprint density at radius 1 is 1.44 bits per heavy atom. The summed E-state index contributed by atoms with van der Waals surface area (Å²) >= 11 is 0. The number of ether oxygens (including phenoxy) is 1. The molecule has 0 saturated carbocycles. The van der Waals surface area contributed by atoms with Gasteiger partial charge in [0.1, 0.15) is 0 Å². The molecule has 0 bridgehead atoms. The van der Waals surface area contributed by atoms with Crippen molar-refractivity contribution in [3.05, 3.63) is 29.6 Å². The number of rotatable bonds is 6. The highest BCUT2D eigenvalue weighted by Crippen LogP contribution is 2.17. The molecule has 0 amide bonds. The number of halogens is 1. The zero-order valence-electron chi connectivity index (χ0n) is 10.0. The van der Waals surface area contributed by atoms with Crippen LogP contribution in [0.3, 0.4) is 0 Å². The molecular formula is C12H19FN2O. The van der Waals surface area contributed by atoms with Gasteiger partial charge >= 0.3 is 0 Å². The second-order valence-electron chi connectivity index (χ2n) is 3.81. The molecular weight excluding hydrogens is 207 g/mol. The van der Waals surface area contributed by atoms with Gasteiger partial charge in [0.2, 0.25) is 0 Å². The fourth-order valence-electron chi connectivity index (χ4n) is 1.48. The van der Waals surface area contributed by atoms with Gasteiger partial charge in [-0.2, -0.15) is 0 Å². The summed E-state index contributed by atoms with van der Waals surface area (Å²) in [6, 6.07) is 5.28. The Labute approximate surface area is 96.0 Å². The first-order valence-corrected chi connectivity index (χ1v) is 5.37. The van der Waals surface area contributed by atoms with Crippen molar-refractivity contribution in [2.45, 2.75) is 19.5 Å². The van der Waals surface area contributed by atoms with E-state index in [-0.39, 0.29) is 5.82 Å². The van der Waals surface area contributed by atoms with E-state index in [0.717, 1.165) is 12.1 Å². The van der Waals surface area contributed by atoms with Gasteiger partial charge in [-0.15, -0.1) is 0 Å². The SMILES string of the molecule is CNCC(C)NCc1ccc(F)c(OC)c1. The Balaban J connectivity index is 2.54. The first-order valence-electron chi connectivity index (χ1n) is 5.37. The molecule has 1 aromatic rings. The van der Waals surface area contributed by atoms with Crippen molar-refractivity contribution in [1.82, 2.24) is 10.6 Å². The summed E-state index contributed by atoms with van der Waals surface area (Å²) in [4.78, 5) is 0. The molecule has 0 aromatic heterocycles. The third-order valence-electron chi connectivity index (χ3n) is 2.38. The molecule has 0 saturated heterocycles. The quantitative estimate of drug-likeness (QED) is 0.772. The number of hydrogen-bond acceptors (Lipinski definition) is 3. The minimum Gasteiger partial charge on any atom is -0.494 e. The zero-order chi connectivity index (χ0) is 12.0. The summed E-state index contributed by atoms with van der Waals surface area (Å²) in [6.07, 6.45) is 0. The molecule has 1 aromatic carbocycles. The number of likely N-dealkylation sites (N-methyl/N-ethyl adjacent to an activating group) is 1. The van der Waals surface area contributed by atoms with Crippen LogP contribution >= 0.6 is 0 Å². The van der Waals surface area contributed by atoms with E-state index >= 15 is 0 Å². The molecule has 3 nitrogen and oxygen atoms in total. The van der Waals surface area contributed by atoms with Crippen molar-refractivity contribution >= 4 is 0 Å². The third-order valence-corrected chi connectivity index (χ3v) is 2.38. The second-order valence-corrected chi connectivity index (χ2v) is 3.81. The third kappa shape index (κ3) is 3.79. The van der Waals surface area contributed by atoms with E-state index in [2.05, 4.69) is 17.6 Å². The van der Waals surface area contributed by atoms with Crippen LogP contribution in [-0.4, -0.2) is 26.7 Å². The van der Waals surface area contributed by atoms with Gasteiger partial charge in [-0.25, -0.2) is 4.39 Å². The molecule has 1 rings (SSSR count). The lowest BCUT2D eigenvalue weighted by Crippen LogP contribution is -2.34. The topological polar surface area (TPSA) is 33.3 Å². The number of nitrogens with one attached hydrogen (secondary N) is 2. The maximum atomic E-state index is 13.1. The molecule has 0 fully saturated rings. The summed E-state index contributed by atoms with van der Waals surface area (Å²) in [7, 11) is 3.39. The van der Waals surface area contributed by atoms with Crippen molar-refractivity contribution in [2.24, 2.45) is 0 Å². The van der Waals surface area contributed by atoms with Crippen molar-refractivity contribution in [1.29, 1.82) is 0 Å². The predicted molar refractivity (Wildman–Crippen MR) is 63.2 cm³/mol. The highest BCUT2D eigenvalue weighted by Gasteiger charge is 2.04. The summed E-state index contributed by atoms with van der Waals surface area (Å²) < 4.78 is 18.1. The van der Waals surface area contributed by atoms with Crippen LogP contribution in [-0.2, 0) is 6.54 Å². The Kier molecular flexibility index (Phi) is 5.22. The van der Waals surface area contributed by atoms with E-state index in [1.807, 2.05) is 7.05 Å². The summed E-state index contributed by atoms with van der Waals surface area (Å²) in [5.74, 6) is -0.0323. The van der Waals surface area contributed by atoms with Gasteiger partial charge in [0.25, 0.3) is 0 Å². The van der Waals surface area contributed by atoms with E-state index in [0.29, 0.717) is 18.3 Å². The first-order chi connectivity index (χ1) is 7.67. The second kappa shape index (κ2) is 6.45. The van der Waals surface area contributed by atoms with Gasteiger partial charge in [0, 0.05) is 19.1 Å². The Morgan fingerprint density at radius 2 is 2.19 bits per heavy atom. The summed E-state index contributed by atoms with van der Waals surface area (Å²) in [5.41, 5.74) is 1.02. The van der Waals surface area contributed by atoms with Gasteiger partial charge in [-0.3, -0.25) is 0 Å². The fourth-order valence-corrected chi connectivity index (χ4v) is 1.48. The van der Waals surface area contributed by atoms with Crippen molar-refractivity contribution in [3.63, 3.8) is 0 Å². The van der Waals surface area contributed by atoms with E-state index in [1.54, 1.807) is 12.1 Å². The van der Waals surface area contributed by atoms with Gasteiger partial charge < -0.3 is 15.4 Å². The van der Waals surface area contributed by atoms with Crippen LogP contribution in [0, 0.1) is 5.82 Å². The van der Waals surface area contributed by atoms with Crippen molar-refractivity contribution in [3.8, 4) is 5.75 Å². The Morgan fingerprint density at radius 3 is 2.81 bits per heavy atom. The average Bonchev–Trinajstić information content (AvgIpc) is 2.28. The maximum absolute atomic E-state index is 13.1. The molecule has 1 atom stereocenters. The minimum absolute atomic E-state index is 0.292. The molecule has 0 heterocycles.